The first-order chi connectivity index (χ1) is 12.5. The van der Waals surface area contributed by atoms with Gasteiger partial charge in [-0.05, 0) is 68.7 Å². The van der Waals surface area contributed by atoms with E-state index in [9.17, 15) is 4.79 Å². The summed E-state index contributed by atoms with van der Waals surface area (Å²) in [6.07, 6.45) is 3.47. The first kappa shape index (κ1) is 17.3. The van der Waals surface area contributed by atoms with Crippen molar-refractivity contribution in [2.45, 2.75) is 45.2 Å². The topological polar surface area (TPSA) is 50.5 Å². The number of amides is 1. The van der Waals surface area contributed by atoms with Gasteiger partial charge < -0.3 is 4.90 Å². The van der Waals surface area contributed by atoms with Crippen LogP contribution in [0.5, 0.6) is 0 Å². The minimum atomic E-state index is 0.205. The van der Waals surface area contributed by atoms with Crippen LogP contribution in [0.3, 0.4) is 0 Å². The van der Waals surface area contributed by atoms with Gasteiger partial charge in [-0.3, -0.25) is 9.20 Å². The molecule has 1 amide bonds. The number of pyridine rings is 1. The fourth-order valence-corrected chi connectivity index (χ4v) is 4.73. The van der Waals surface area contributed by atoms with Gasteiger partial charge in [-0.25, -0.2) is 0 Å². The Bertz CT molecular complexity index is 989. The molecule has 4 rings (SSSR count). The second-order valence-corrected chi connectivity index (χ2v) is 8.16. The van der Waals surface area contributed by atoms with E-state index in [1.807, 2.05) is 4.90 Å². The summed E-state index contributed by atoms with van der Waals surface area (Å²) in [4.78, 5) is 14.5. The van der Waals surface area contributed by atoms with E-state index in [0.29, 0.717) is 5.75 Å². The Morgan fingerprint density at radius 3 is 2.58 bits per heavy atom. The highest BCUT2D eigenvalue weighted by molar-refractivity contribution is 7.99. The Labute approximate surface area is 157 Å². The Balaban J connectivity index is 1.70. The predicted molar refractivity (Wildman–Crippen MR) is 106 cm³/mol. The highest BCUT2D eigenvalue weighted by atomic mass is 32.2. The van der Waals surface area contributed by atoms with Crippen LogP contribution in [0.1, 0.15) is 36.0 Å². The molecule has 1 fully saturated rings. The number of thioether (sulfide) groups is 1. The van der Waals surface area contributed by atoms with Crippen molar-refractivity contribution in [2.24, 2.45) is 0 Å². The Hall–Kier alpha value is -2.08. The maximum atomic E-state index is 12.5. The molecule has 0 atom stereocenters. The van der Waals surface area contributed by atoms with E-state index in [1.165, 1.54) is 34.7 Å². The van der Waals surface area contributed by atoms with Crippen molar-refractivity contribution >= 4 is 34.2 Å². The van der Waals surface area contributed by atoms with Gasteiger partial charge >= 0.3 is 0 Å². The van der Waals surface area contributed by atoms with Crippen LogP contribution in [0.25, 0.3) is 16.6 Å². The molecule has 6 heteroatoms. The van der Waals surface area contributed by atoms with Gasteiger partial charge in [0.2, 0.25) is 5.91 Å². The van der Waals surface area contributed by atoms with Crippen LogP contribution in [0.4, 0.5) is 0 Å². The Kier molecular flexibility index (Phi) is 4.61. The molecule has 0 aliphatic carbocycles. The highest BCUT2D eigenvalue weighted by Gasteiger charge is 2.19. The number of rotatable bonds is 3. The number of aromatic nitrogens is 3. The lowest BCUT2D eigenvalue weighted by atomic mass is 10.1. The number of fused-ring (bicyclic) bond motifs is 3. The van der Waals surface area contributed by atoms with Gasteiger partial charge in [0.25, 0.3) is 0 Å². The normalized spacial score (nSPS) is 15.1. The lowest BCUT2D eigenvalue weighted by Crippen LogP contribution is -2.36. The molecule has 3 heterocycles. The molecule has 3 aromatic rings. The van der Waals surface area contributed by atoms with Gasteiger partial charge in [-0.2, -0.15) is 0 Å². The molecule has 0 N–H and O–H groups in total. The molecule has 0 unspecified atom stereocenters. The fourth-order valence-electron chi connectivity index (χ4n) is 3.89. The van der Waals surface area contributed by atoms with E-state index < -0.39 is 0 Å². The molecule has 5 nitrogen and oxygen atoms in total. The number of hydrogen-bond donors (Lipinski definition) is 0. The molecule has 1 aliphatic heterocycles. The lowest BCUT2D eigenvalue weighted by Gasteiger charge is -2.26. The summed E-state index contributed by atoms with van der Waals surface area (Å²) in [6, 6.07) is 6.55. The number of aryl methyl sites for hydroxylation is 3. The van der Waals surface area contributed by atoms with Crippen LogP contribution in [-0.2, 0) is 4.79 Å². The van der Waals surface area contributed by atoms with Crippen molar-refractivity contribution in [3.63, 3.8) is 0 Å². The summed E-state index contributed by atoms with van der Waals surface area (Å²) in [5, 5.41) is 10.8. The van der Waals surface area contributed by atoms with Crippen LogP contribution in [-0.4, -0.2) is 44.2 Å². The second kappa shape index (κ2) is 6.91. The van der Waals surface area contributed by atoms with Crippen molar-refractivity contribution in [2.75, 3.05) is 18.8 Å². The quantitative estimate of drug-likeness (QED) is 0.658. The number of carbonyl (C=O) groups excluding carboxylic acids is 1. The minimum absolute atomic E-state index is 0.205. The molecule has 1 saturated heterocycles. The zero-order chi connectivity index (χ0) is 18.3. The Morgan fingerprint density at radius 1 is 1.04 bits per heavy atom. The Morgan fingerprint density at radius 2 is 1.81 bits per heavy atom. The van der Waals surface area contributed by atoms with Crippen LogP contribution in [0.2, 0.25) is 0 Å². The number of hydrogen-bond acceptors (Lipinski definition) is 4. The van der Waals surface area contributed by atoms with E-state index in [1.54, 1.807) is 0 Å². The smallest absolute Gasteiger partial charge is 0.233 e. The molecular formula is C20H24N4OS. The standard InChI is InChI=1S/C20H24N4OS/c1-13-9-14(2)18-16(10-13)11-15(3)19-21-22-20(24(18)19)26-12-17(25)23-7-5-4-6-8-23/h9-11H,4-8,12H2,1-3H3. The van der Waals surface area contributed by atoms with Crippen molar-refractivity contribution < 1.29 is 4.79 Å². The van der Waals surface area contributed by atoms with Crippen LogP contribution >= 0.6 is 11.8 Å². The minimum Gasteiger partial charge on any atom is -0.342 e. The zero-order valence-electron chi connectivity index (χ0n) is 15.6. The average Bonchev–Trinajstić information content (AvgIpc) is 3.04. The summed E-state index contributed by atoms with van der Waals surface area (Å²) < 4.78 is 2.12. The van der Waals surface area contributed by atoms with Gasteiger partial charge in [0, 0.05) is 13.1 Å². The third kappa shape index (κ3) is 3.07. The van der Waals surface area contributed by atoms with E-state index in [-0.39, 0.29) is 5.91 Å². The summed E-state index contributed by atoms with van der Waals surface area (Å²) in [7, 11) is 0. The third-order valence-electron chi connectivity index (χ3n) is 5.09. The molecule has 0 saturated carbocycles. The van der Waals surface area contributed by atoms with Crippen molar-refractivity contribution in [1.82, 2.24) is 19.5 Å². The summed E-state index contributed by atoms with van der Waals surface area (Å²) in [5.41, 5.74) is 5.56. The molecule has 1 aliphatic rings. The van der Waals surface area contributed by atoms with Gasteiger partial charge in [-0.1, -0.05) is 23.4 Å². The first-order valence-corrected chi connectivity index (χ1v) is 10.2. The third-order valence-corrected chi connectivity index (χ3v) is 6.00. The average molecular weight is 369 g/mol. The van der Waals surface area contributed by atoms with Crippen molar-refractivity contribution in [3.05, 3.63) is 34.9 Å². The van der Waals surface area contributed by atoms with Crippen LogP contribution in [0.15, 0.2) is 23.4 Å². The number of carbonyl (C=O) groups is 1. The molecule has 26 heavy (non-hydrogen) atoms. The number of nitrogens with zero attached hydrogens (tertiary/aromatic N) is 4. The lowest BCUT2D eigenvalue weighted by molar-refractivity contribution is -0.129. The molecule has 1 aromatic carbocycles. The van der Waals surface area contributed by atoms with E-state index in [2.05, 4.69) is 53.6 Å². The molecule has 0 spiro atoms. The molecule has 2 aromatic heterocycles. The van der Waals surface area contributed by atoms with Crippen molar-refractivity contribution in [3.8, 4) is 0 Å². The monoisotopic (exact) mass is 368 g/mol. The second-order valence-electron chi connectivity index (χ2n) is 7.22. The largest absolute Gasteiger partial charge is 0.342 e. The van der Waals surface area contributed by atoms with Gasteiger partial charge in [0.1, 0.15) is 0 Å². The van der Waals surface area contributed by atoms with Gasteiger partial charge in [0.05, 0.1) is 11.3 Å². The van der Waals surface area contributed by atoms with E-state index in [4.69, 9.17) is 0 Å². The molecule has 0 bridgehead atoms. The number of piperidine rings is 1. The maximum Gasteiger partial charge on any atom is 0.233 e. The van der Waals surface area contributed by atoms with Gasteiger partial charge in [0.15, 0.2) is 10.8 Å². The molecule has 136 valence electrons. The number of likely N-dealkylation sites (tertiary alicyclic amines) is 1. The first-order valence-electron chi connectivity index (χ1n) is 9.21. The highest BCUT2D eigenvalue weighted by Crippen LogP contribution is 2.28. The van der Waals surface area contributed by atoms with E-state index >= 15 is 0 Å². The van der Waals surface area contributed by atoms with Crippen LogP contribution < -0.4 is 0 Å². The van der Waals surface area contributed by atoms with Crippen LogP contribution in [0, 0.1) is 20.8 Å². The van der Waals surface area contributed by atoms with Crippen molar-refractivity contribution in [1.29, 1.82) is 0 Å². The SMILES string of the molecule is Cc1cc(C)c2c(c1)cc(C)c1nnc(SCC(=O)N3CCCCC3)n12. The van der Waals surface area contributed by atoms with E-state index in [0.717, 1.165) is 47.8 Å². The summed E-state index contributed by atoms with van der Waals surface area (Å²) >= 11 is 1.49. The molecule has 0 radical (unpaired) electrons. The summed E-state index contributed by atoms with van der Waals surface area (Å²) in [5.74, 6) is 0.622. The van der Waals surface area contributed by atoms with Gasteiger partial charge in [-0.15, -0.1) is 10.2 Å². The summed E-state index contributed by atoms with van der Waals surface area (Å²) in [6.45, 7) is 8.08. The maximum absolute atomic E-state index is 12.5. The number of benzene rings is 1. The zero-order valence-corrected chi connectivity index (χ0v) is 16.4. The fraction of sp³-hybridized carbons (Fsp3) is 0.450. The molecular weight excluding hydrogens is 344 g/mol. The predicted octanol–water partition coefficient (Wildman–Crippen LogP) is 3.91.